The summed E-state index contributed by atoms with van der Waals surface area (Å²) in [6.45, 7) is 0. The molecule has 9 heteroatoms. The zero-order chi connectivity index (χ0) is 12.5. The van der Waals surface area contributed by atoms with E-state index in [1.54, 1.807) is 0 Å². The quantitative estimate of drug-likeness (QED) is 0.457. The van der Waals surface area contributed by atoms with Crippen LogP contribution in [0.15, 0.2) is 17.0 Å². The molecule has 0 aliphatic carbocycles. The monoisotopic (exact) mass is 291 g/mol. The number of thioether (sulfide) groups is 1. The first-order chi connectivity index (χ1) is 7.22. The van der Waals surface area contributed by atoms with Crippen LogP contribution in [0.1, 0.15) is 0 Å². The molecule has 0 N–H and O–H groups in total. The van der Waals surface area contributed by atoms with Crippen LogP contribution >= 0.6 is 35.0 Å². The van der Waals surface area contributed by atoms with Crippen molar-refractivity contribution in [2.24, 2.45) is 0 Å². The molecule has 0 saturated carbocycles. The van der Waals surface area contributed by atoms with Gasteiger partial charge in [0.05, 0.1) is 15.0 Å². The molecule has 0 atom stereocenters. The molecule has 1 aromatic rings. The van der Waals surface area contributed by atoms with E-state index in [-0.39, 0.29) is 5.02 Å². The predicted octanol–water partition coefficient (Wildman–Crippen LogP) is 4.51. The standard InChI is InChI=1S/C7H2Cl2F3NO2S/c8-3-1-2-4(13(14)15)6(5(3)9)16-7(10,11)12/h1-2H. The zero-order valence-electron chi connectivity index (χ0n) is 7.22. The highest BCUT2D eigenvalue weighted by atomic mass is 35.5. The van der Waals surface area contributed by atoms with Crippen LogP contribution in [0.3, 0.4) is 0 Å². The highest BCUT2D eigenvalue weighted by Gasteiger charge is 2.35. The minimum Gasteiger partial charge on any atom is -0.258 e. The number of hydrogen-bond donors (Lipinski definition) is 0. The molecule has 0 spiro atoms. The van der Waals surface area contributed by atoms with Gasteiger partial charge in [0.25, 0.3) is 5.69 Å². The minimum absolute atomic E-state index is 0.168. The number of nitro benzene ring substituents is 1. The smallest absolute Gasteiger partial charge is 0.258 e. The summed E-state index contributed by atoms with van der Waals surface area (Å²) >= 11 is 10.3. The van der Waals surface area contributed by atoms with Crippen molar-refractivity contribution < 1.29 is 18.1 Å². The second-order valence-electron chi connectivity index (χ2n) is 2.51. The lowest BCUT2D eigenvalue weighted by atomic mass is 10.3. The molecule has 0 amide bonds. The number of rotatable bonds is 2. The van der Waals surface area contributed by atoms with Gasteiger partial charge in [0.2, 0.25) is 0 Å². The fraction of sp³-hybridized carbons (Fsp3) is 0.143. The molecule has 0 aliphatic heterocycles. The second kappa shape index (κ2) is 4.68. The van der Waals surface area contributed by atoms with Gasteiger partial charge in [-0.05, 0) is 17.8 Å². The molecule has 0 saturated heterocycles. The number of halogens is 5. The van der Waals surface area contributed by atoms with Crippen molar-refractivity contribution in [3.8, 4) is 0 Å². The molecular formula is C7H2Cl2F3NO2S. The van der Waals surface area contributed by atoms with E-state index in [9.17, 15) is 23.3 Å². The van der Waals surface area contributed by atoms with E-state index >= 15 is 0 Å². The normalized spacial score (nSPS) is 11.6. The van der Waals surface area contributed by atoms with Crippen molar-refractivity contribution in [3.05, 3.63) is 32.3 Å². The van der Waals surface area contributed by atoms with E-state index in [4.69, 9.17) is 23.2 Å². The summed E-state index contributed by atoms with van der Waals surface area (Å²) in [7, 11) is 0. The molecule has 0 heterocycles. The van der Waals surface area contributed by atoms with Crippen LogP contribution in [0.25, 0.3) is 0 Å². The van der Waals surface area contributed by atoms with E-state index < -0.39 is 37.8 Å². The van der Waals surface area contributed by atoms with Crippen LogP contribution in [-0.2, 0) is 0 Å². The first-order valence-electron chi connectivity index (χ1n) is 3.60. The molecule has 1 aromatic carbocycles. The Balaban J connectivity index is 3.32. The molecule has 0 aromatic heterocycles. The average molecular weight is 292 g/mol. The molecule has 0 aliphatic rings. The third-order valence-electron chi connectivity index (χ3n) is 1.44. The summed E-state index contributed by atoms with van der Waals surface area (Å²) in [5.41, 5.74) is -5.39. The number of nitro groups is 1. The van der Waals surface area contributed by atoms with Crippen molar-refractivity contribution in [3.63, 3.8) is 0 Å². The SMILES string of the molecule is O=[N+]([O-])c1ccc(Cl)c(Cl)c1SC(F)(F)F. The Morgan fingerprint density at radius 1 is 1.31 bits per heavy atom. The molecular weight excluding hydrogens is 290 g/mol. The molecule has 0 radical (unpaired) electrons. The van der Waals surface area contributed by atoms with Gasteiger partial charge in [-0.25, -0.2) is 0 Å². The average Bonchev–Trinajstić information content (AvgIpc) is 2.10. The highest BCUT2D eigenvalue weighted by molar-refractivity contribution is 8.00. The van der Waals surface area contributed by atoms with Gasteiger partial charge in [-0.1, -0.05) is 23.2 Å². The van der Waals surface area contributed by atoms with Crippen LogP contribution < -0.4 is 0 Å². The molecule has 16 heavy (non-hydrogen) atoms. The van der Waals surface area contributed by atoms with Crippen LogP contribution in [0.5, 0.6) is 0 Å². The third kappa shape index (κ3) is 3.16. The van der Waals surface area contributed by atoms with Gasteiger partial charge < -0.3 is 0 Å². The number of alkyl halides is 3. The molecule has 1 rings (SSSR count). The third-order valence-corrected chi connectivity index (χ3v) is 3.21. The summed E-state index contributed by atoms with van der Waals surface area (Å²) in [4.78, 5) is 8.84. The fourth-order valence-electron chi connectivity index (χ4n) is 0.878. The molecule has 0 fully saturated rings. The van der Waals surface area contributed by atoms with E-state index in [0.29, 0.717) is 0 Å². The van der Waals surface area contributed by atoms with Gasteiger partial charge in [-0.15, -0.1) is 0 Å². The van der Waals surface area contributed by atoms with Crippen molar-refractivity contribution in [2.45, 2.75) is 10.4 Å². The van der Waals surface area contributed by atoms with Gasteiger partial charge >= 0.3 is 5.51 Å². The molecule has 0 bridgehead atoms. The van der Waals surface area contributed by atoms with E-state index in [2.05, 4.69) is 0 Å². The lowest BCUT2D eigenvalue weighted by Gasteiger charge is -2.08. The Labute approximate surface area is 102 Å². The maximum absolute atomic E-state index is 12.1. The fourth-order valence-corrected chi connectivity index (χ4v) is 2.05. The maximum Gasteiger partial charge on any atom is 0.446 e. The molecule has 3 nitrogen and oxygen atoms in total. The summed E-state index contributed by atoms with van der Waals surface area (Å²) < 4.78 is 36.4. The van der Waals surface area contributed by atoms with E-state index in [1.807, 2.05) is 0 Å². The summed E-state index contributed by atoms with van der Waals surface area (Å²) in [5, 5.41) is 9.85. The molecule has 0 unspecified atom stereocenters. The lowest BCUT2D eigenvalue weighted by Crippen LogP contribution is -2.02. The number of benzene rings is 1. The summed E-state index contributed by atoms with van der Waals surface area (Å²) in [6.07, 6.45) is 0. The van der Waals surface area contributed by atoms with Crippen molar-refractivity contribution in [2.75, 3.05) is 0 Å². The second-order valence-corrected chi connectivity index (χ2v) is 4.37. The lowest BCUT2D eigenvalue weighted by molar-refractivity contribution is -0.387. The Hall–Kier alpha value is -0.660. The van der Waals surface area contributed by atoms with Crippen LogP contribution in [-0.4, -0.2) is 10.4 Å². The van der Waals surface area contributed by atoms with Crippen molar-refractivity contribution in [1.82, 2.24) is 0 Å². The molecule has 88 valence electrons. The summed E-state index contributed by atoms with van der Waals surface area (Å²) in [5.74, 6) is 0. The van der Waals surface area contributed by atoms with Gasteiger partial charge in [0.1, 0.15) is 4.90 Å². The minimum atomic E-state index is -4.67. The topological polar surface area (TPSA) is 43.1 Å². The summed E-state index contributed by atoms with van der Waals surface area (Å²) in [6, 6.07) is 1.95. The zero-order valence-corrected chi connectivity index (χ0v) is 9.54. The Morgan fingerprint density at radius 3 is 2.31 bits per heavy atom. The van der Waals surface area contributed by atoms with Crippen molar-refractivity contribution >= 4 is 40.7 Å². The van der Waals surface area contributed by atoms with Crippen molar-refractivity contribution in [1.29, 1.82) is 0 Å². The number of nitrogens with zero attached hydrogens (tertiary/aromatic N) is 1. The van der Waals surface area contributed by atoms with E-state index in [0.717, 1.165) is 12.1 Å². The van der Waals surface area contributed by atoms with Gasteiger partial charge in [0.15, 0.2) is 0 Å². The predicted molar refractivity (Wildman–Crippen MR) is 55.0 cm³/mol. The Bertz CT molecular complexity index is 438. The van der Waals surface area contributed by atoms with Gasteiger partial charge in [-0.3, -0.25) is 10.1 Å². The number of hydrogen-bond acceptors (Lipinski definition) is 3. The van der Waals surface area contributed by atoms with Crippen LogP contribution in [0.4, 0.5) is 18.9 Å². The largest absolute Gasteiger partial charge is 0.446 e. The van der Waals surface area contributed by atoms with Crippen LogP contribution in [0.2, 0.25) is 10.0 Å². The van der Waals surface area contributed by atoms with Gasteiger partial charge in [0, 0.05) is 6.07 Å². The van der Waals surface area contributed by atoms with Gasteiger partial charge in [-0.2, -0.15) is 13.2 Å². The highest BCUT2D eigenvalue weighted by Crippen LogP contribution is 2.46. The Morgan fingerprint density at radius 2 is 1.88 bits per heavy atom. The van der Waals surface area contributed by atoms with E-state index in [1.165, 1.54) is 0 Å². The first-order valence-corrected chi connectivity index (χ1v) is 5.18. The maximum atomic E-state index is 12.1. The first kappa shape index (κ1) is 13.4. The Kier molecular flexibility index (Phi) is 3.92. The van der Waals surface area contributed by atoms with Crippen LogP contribution in [0, 0.1) is 10.1 Å².